The summed E-state index contributed by atoms with van der Waals surface area (Å²) >= 11 is 7.57. The summed E-state index contributed by atoms with van der Waals surface area (Å²) in [6.45, 7) is 4.98. The Bertz CT molecular complexity index is 802. The second kappa shape index (κ2) is 8.07. The van der Waals surface area contributed by atoms with Crippen molar-refractivity contribution in [1.82, 2.24) is 4.90 Å². The Balaban J connectivity index is 1.58. The third-order valence-corrected chi connectivity index (χ3v) is 5.75. The molecule has 0 radical (unpaired) electrons. The number of carbonyl (C=O) groups is 2. The zero-order chi connectivity index (χ0) is 18.7. The minimum Gasteiger partial charge on any atom is -0.368 e. The molecule has 0 saturated carbocycles. The zero-order valence-corrected chi connectivity index (χ0v) is 16.0. The maximum absolute atomic E-state index is 12.6. The molecular formula is C18H21ClN4O2S. The van der Waals surface area contributed by atoms with Crippen LogP contribution in [0.2, 0.25) is 5.02 Å². The Morgan fingerprint density at radius 3 is 2.54 bits per heavy atom. The van der Waals surface area contributed by atoms with Crippen LogP contribution < -0.4 is 16.0 Å². The summed E-state index contributed by atoms with van der Waals surface area (Å²) in [7, 11) is 0. The highest BCUT2D eigenvalue weighted by Gasteiger charge is 2.27. The number of nitrogens with one attached hydrogen (secondary N) is 1. The first-order valence-electron chi connectivity index (χ1n) is 8.39. The monoisotopic (exact) mass is 392 g/mol. The van der Waals surface area contributed by atoms with Gasteiger partial charge in [-0.3, -0.25) is 14.5 Å². The van der Waals surface area contributed by atoms with Crippen LogP contribution in [0.4, 0.5) is 10.7 Å². The van der Waals surface area contributed by atoms with Crippen LogP contribution in [0.25, 0.3) is 0 Å². The summed E-state index contributed by atoms with van der Waals surface area (Å²) in [5, 5.41) is 5.81. The van der Waals surface area contributed by atoms with Crippen LogP contribution in [0.5, 0.6) is 0 Å². The molecule has 1 fully saturated rings. The minimum absolute atomic E-state index is 0.138. The van der Waals surface area contributed by atoms with Gasteiger partial charge in [0.1, 0.15) is 5.00 Å². The lowest BCUT2D eigenvalue weighted by Crippen LogP contribution is -2.52. The predicted molar refractivity (Wildman–Crippen MR) is 106 cm³/mol. The Labute approximate surface area is 161 Å². The third-order valence-electron chi connectivity index (χ3n) is 4.60. The Morgan fingerprint density at radius 2 is 1.88 bits per heavy atom. The maximum atomic E-state index is 12.6. The number of thiophene rings is 1. The summed E-state index contributed by atoms with van der Waals surface area (Å²) in [6.07, 6.45) is 0. The SMILES string of the molecule is C[C@H](C(=O)Nc1sccc1C(N)=O)N1CCN(c2ccccc2Cl)CC1. The average Bonchev–Trinajstić information content (AvgIpc) is 3.10. The number of para-hydroxylation sites is 1. The zero-order valence-electron chi connectivity index (χ0n) is 14.4. The quantitative estimate of drug-likeness (QED) is 0.819. The number of piperazine rings is 1. The largest absolute Gasteiger partial charge is 0.368 e. The minimum atomic E-state index is -0.539. The molecule has 3 N–H and O–H groups in total. The van der Waals surface area contributed by atoms with Crippen LogP contribution in [0, 0.1) is 0 Å². The van der Waals surface area contributed by atoms with E-state index in [0.717, 1.165) is 36.9 Å². The highest BCUT2D eigenvalue weighted by molar-refractivity contribution is 7.14. The first-order valence-corrected chi connectivity index (χ1v) is 9.65. The molecule has 1 aliphatic heterocycles. The van der Waals surface area contributed by atoms with E-state index >= 15 is 0 Å². The van der Waals surface area contributed by atoms with Crippen molar-refractivity contribution in [2.45, 2.75) is 13.0 Å². The number of benzene rings is 1. The van der Waals surface area contributed by atoms with Crippen LogP contribution in [0.1, 0.15) is 17.3 Å². The summed E-state index contributed by atoms with van der Waals surface area (Å²) in [5.74, 6) is -0.677. The van der Waals surface area contributed by atoms with E-state index in [0.29, 0.717) is 10.6 Å². The molecule has 0 spiro atoms. The molecule has 1 saturated heterocycles. The number of nitrogens with zero attached hydrogens (tertiary/aromatic N) is 2. The molecule has 1 atom stereocenters. The average molecular weight is 393 g/mol. The molecule has 8 heteroatoms. The van der Waals surface area contributed by atoms with Gasteiger partial charge in [-0.1, -0.05) is 23.7 Å². The van der Waals surface area contributed by atoms with Gasteiger partial charge in [0.2, 0.25) is 5.91 Å². The molecule has 6 nitrogen and oxygen atoms in total. The van der Waals surface area contributed by atoms with Gasteiger partial charge in [0, 0.05) is 26.2 Å². The van der Waals surface area contributed by atoms with Crippen LogP contribution in [-0.4, -0.2) is 48.9 Å². The van der Waals surface area contributed by atoms with Crippen molar-refractivity contribution in [3.8, 4) is 0 Å². The van der Waals surface area contributed by atoms with E-state index in [-0.39, 0.29) is 11.9 Å². The fourth-order valence-corrected chi connectivity index (χ4v) is 4.09. The van der Waals surface area contributed by atoms with Gasteiger partial charge in [-0.25, -0.2) is 0 Å². The van der Waals surface area contributed by atoms with E-state index < -0.39 is 5.91 Å². The highest BCUT2D eigenvalue weighted by Crippen LogP contribution is 2.27. The van der Waals surface area contributed by atoms with Crippen LogP contribution in [-0.2, 0) is 4.79 Å². The molecule has 1 aromatic heterocycles. The molecule has 138 valence electrons. The smallest absolute Gasteiger partial charge is 0.251 e. The molecule has 3 rings (SSSR count). The molecule has 0 aliphatic carbocycles. The number of carbonyl (C=O) groups excluding carboxylic acids is 2. The van der Waals surface area contributed by atoms with Crippen molar-refractivity contribution < 1.29 is 9.59 Å². The number of hydrogen-bond acceptors (Lipinski definition) is 5. The molecular weight excluding hydrogens is 372 g/mol. The standard InChI is InChI=1S/C18H21ClN4O2S/c1-12(17(25)21-18-13(16(20)24)6-11-26-18)22-7-9-23(10-8-22)15-5-3-2-4-14(15)19/h2-6,11-12H,7-10H2,1H3,(H2,20,24)(H,21,25)/t12-/m1/s1. The molecule has 26 heavy (non-hydrogen) atoms. The summed E-state index contributed by atoms with van der Waals surface area (Å²) in [6, 6.07) is 9.11. The highest BCUT2D eigenvalue weighted by atomic mass is 35.5. The maximum Gasteiger partial charge on any atom is 0.251 e. The van der Waals surface area contributed by atoms with Gasteiger partial charge < -0.3 is 16.0 Å². The van der Waals surface area contributed by atoms with E-state index in [1.165, 1.54) is 11.3 Å². The van der Waals surface area contributed by atoms with Gasteiger partial charge in [0.05, 0.1) is 22.3 Å². The first-order chi connectivity index (χ1) is 12.5. The fourth-order valence-electron chi connectivity index (χ4n) is 3.04. The Hall–Kier alpha value is -2.09. The van der Waals surface area contributed by atoms with Crippen LogP contribution in [0.3, 0.4) is 0 Å². The number of primary amides is 1. The first kappa shape index (κ1) is 18.7. The van der Waals surface area contributed by atoms with Crippen molar-refractivity contribution in [2.24, 2.45) is 5.73 Å². The summed E-state index contributed by atoms with van der Waals surface area (Å²) < 4.78 is 0. The number of nitrogens with two attached hydrogens (primary N) is 1. The molecule has 2 aromatic rings. The topological polar surface area (TPSA) is 78.7 Å². The van der Waals surface area contributed by atoms with Crippen molar-refractivity contribution in [2.75, 3.05) is 36.4 Å². The second-order valence-electron chi connectivity index (χ2n) is 6.17. The van der Waals surface area contributed by atoms with Gasteiger partial charge >= 0.3 is 0 Å². The van der Waals surface area contributed by atoms with Crippen molar-refractivity contribution >= 4 is 45.4 Å². The Kier molecular flexibility index (Phi) is 5.80. The molecule has 1 aromatic carbocycles. The van der Waals surface area contributed by atoms with Crippen LogP contribution >= 0.6 is 22.9 Å². The fraction of sp³-hybridized carbons (Fsp3) is 0.333. The molecule has 1 aliphatic rings. The van der Waals surface area contributed by atoms with E-state index in [1.54, 1.807) is 11.4 Å². The van der Waals surface area contributed by atoms with Gasteiger partial charge in [0.25, 0.3) is 5.91 Å². The van der Waals surface area contributed by atoms with E-state index in [4.69, 9.17) is 17.3 Å². The summed E-state index contributed by atoms with van der Waals surface area (Å²) in [4.78, 5) is 28.3. The van der Waals surface area contributed by atoms with E-state index in [1.807, 2.05) is 31.2 Å². The number of hydrogen-bond donors (Lipinski definition) is 2. The number of rotatable bonds is 5. The van der Waals surface area contributed by atoms with Gasteiger partial charge in [-0.05, 0) is 30.5 Å². The van der Waals surface area contributed by atoms with Crippen molar-refractivity contribution in [1.29, 1.82) is 0 Å². The Morgan fingerprint density at radius 1 is 1.19 bits per heavy atom. The van der Waals surface area contributed by atoms with E-state index in [2.05, 4.69) is 15.1 Å². The molecule has 0 unspecified atom stereocenters. The number of amides is 2. The van der Waals surface area contributed by atoms with Gasteiger partial charge in [-0.2, -0.15) is 0 Å². The number of anilines is 2. The lowest BCUT2D eigenvalue weighted by molar-refractivity contribution is -0.120. The van der Waals surface area contributed by atoms with Crippen molar-refractivity contribution in [3.05, 3.63) is 46.3 Å². The predicted octanol–water partition coefficient (Wildman–Crippen LogP) is 2.65. The number of halogens is 1. The molecule has 2 heterocycles. The van der Waals surface area contributed by atoms with Gasteiger partial charge in [0.15, 0.2) is 0 Å². The van der Waals surface area contributed by atoms with E-state index in [9.17, 15) is 9.59 Å². The lowest BCUT2D eigenvalue weighted by Gasteiger charge is -2.38. The van der Waals surface area contributed by atoms with Gasteiger partial charge in [-0.15, -0.1) is 11.3 Å². The van der Waals surface area contributed by atoms with Crippen LogP contribution in [0.15, 0.2) is 35.7 Å². The van der Waals surface area contributed by atoms with Crippen molar-refractivity contribution in [3.63, 3.8) is 0 Å². The molecule has 2 amide bonds. The third kappa shape index (κ3) is 4.00. The summed E-state index contributed by atoms with van der Waals surface area (Å²) in [5.41, 5.74) is 6.70. The lowest BCUT2D eigenvalue weighted by atomic mass is 10.2. The second-order valence-corrected chi connectivity index (χ2v) is 7.49. The normalized spacial score (nSPS) is 16.3. The molecule has 0 bridgehead atoms.